The molecule has 2 N–H and O–H groups in total. The lowest BCUT2D eigenvalue weighted by Crippen LogP contribution is -2.18. The first-order valence-electron chi connectivity index (χ1n) is 7.19. The van der Waals surface area contributed by atoms with E-state index in [1.165, 1.54) is 11.3 Å². The van der Waals surface area contributed by atoms with E-state index in [0.29, 0.717) is 12.3 Å². The number of hydrogen-bond acceptors (Lipinski definition) is 4. The lowest BCUT2D eigenvalue weighted by Gasteiger charge is -2.15. The second-order valence-electron chi connectivity index (χ2n) is 5.07. The van der Waals surface area contributed by atoms with Gasteiger partial charge < -0.3 is 15.2 Å². The quantitative estimate of drug-likeness (QED) is 0.858. The Balaban J connectivity index is 2.07. The first-order chi connectivity index (χ1) is 10.1. The predicted molar refractivity (Wildman–Crippen MR) is 82.6 cm³/mol. The summed E-state index contributed by atoms with van der Waals surface area (Å²) in [6, 6.07) is 5.67. The van der Waals surface area contributed by atoms with Crippen molar-refractivity contribution in [2.75, 3.05) is 7.11 Å². The highest BCUT2D eigenvalue weighted by atomic mass is 16.5. The van der Waals surface area contributed by atoms with E-state index < -0.39 is 0 Å². The first-order valence-corrected chi connectivity index (χ1v) is 7.19. The van der Waals surface area contributed by atoms with Gasteiger partial charge in [-0.3, -0.25) is 4.68 Å². The van der Waals surface area contributed by atoms with Gasteiger partial charge in [0.2, 0.25) is 0 Å². The van der Waals surface area contributed by atoms with Crippen LogP contribution >= 0.6 is 0 Å². The number of aromatic nitrogens is 2. The lowest BCUT2D eigenvalue weighted by molar-refractivity contribution is 0.369. The van der Waals surface area contributed by atoms with E-state index in [2.05, 4.69) is 31.2 Å². The fraction of sp³-hybridized carbons (Fsp3) is 0.438. The van der Waals surface area contributed by atoms with E-state index in [9.17, 15) is 5.11 Å². The number of phenolic OH excluding ortho intramolecular Hbond substituents is 1. The molecule has 0 bridgehead atoms. The number of methoxy groups -OCH3 is 1. The monoisotopic (exact) mass is 289 g/mol. The van der Waals surface area contributed by atoms with Crippen molar-refractivity contribution < 1.29 is 9.84 Å². The first kappa shape index (κ1) is 15.4. The molecule has 5 nitrogen and oxygen atoms in total. The summed E-state index contributed by atoms with van der Waals surface area (Å²) in [5, 5.41) is 17.9. The molecule has 0 aliphatic carbocycles. The maximum absolute atomic E-state index is 10.1. The van der Waals surface area contributed by atoms with E-state index in [0.717, 1.165) is 12.1 Å². The van der Waals surface area contributed by atoms with E-state index in [-0.39, 0.29) is 11.8 Å². The molecule has 0 saturated carbocycles. The largest absolute Gasteiger partial charge is 0.504 e. The van der Waals surface area contributed by atoms with Crippen molar-refractivity contribution in [1.29, 1.82) is 0 Å². The van der Waals surface area contributed by atoms with E-state index in [4.69, 9.17) is 4.74 Å². The van der Waals surface area contributed by atoms with Crippen LogP contribution in [0, 0.1) is 6.92 Å². The van der Waals surface area contributed by atoms with Gasteiger partial charge in [-0.2, -0.15) is 5.10 Å². The topological polar surface area (TPSA) is 59.3 Å². The number of para-hydroxylation sites is 1. The summed E-state index contributed by atoms with van der Waals surface area (Å²) in [7, 11) is 1.55. The molecule has 0 aliphatic rings. The minimum Gasteiger partial charge on any atom is -0.504 e. The van der Waals surface area contributed by atoms with Crippen LogP contribution in [-0.4, -0.2) is 22.0 Å². The number of rotatable bonds is 6. The smallest absolute Gasteiger partial charge is 0.162 e. The van der Waals surface area contributed by atoms with Gasteiger partial charge >= 0.3 is 0 Å². The number of aromatic hydroxyl groups is 1. The third kappa shape index (κ3) is 3.19. The third-order valence-electron chi connectivity index (χ3n) is 3.81. The number of nitrogens with one attached hydrogen (secondary N) is 1. The van der Waals surface area contributed by atoms with Crippen LogP contribution in [0.5, 0.6) is 11.5 Å². The maximum Gasteiger partial charge on any atom is 0.162 e. The van der Waals surface area contributed by atoms with Gasteiger partial charge in [0.25, 0.3) is 0 Å². The standard InChI is InChI=1S/C16H23N3O2/c1-5-19-12(3)14(10-18-19)11(2)17-9-13-7-6-8-15(21-4)16(13)20/h6-8,10-11,17,20H,5,9H2,1-4H3. The van der Waals surface area contributed by atoms with Crippen LogP contribution < -0.4 is 10.1 Å². The van der Waals surface area contributed by atoms with Crippen molar-refractivity contribution in [3.8, 4) is 11.5 Å². The Morgan fingerprint density at radius 3 is 2.81 bits per heavy atom. The van der Waals surface area contributed by atoms with Gasteiger partial charge in [-0.25, -0.2) is 0 Å². The Labute approximate surface area is 125 Å². The fourth-order valence-electron chi connectivity index (χ4n) is 2.45. The van der Waals surface area contributed by atoms with Gasteiger partial charge in [-0.15, -0.1) is 0 Å². The van der Waals surface area contributed by atoms with Gasteiger partial charge in [0.05, 0.1) is 13.3 Å². The molecule has 1 heterocycles. The van der Waals surface area contributed by atoms with Crippen LogP contribution in [0.3, 0.4) is 0 Å². The molecule has 0 radical (unpaired) electrons. The lowest BCUT2D eigenvalue weighted by atomic mass is 10.1. The summed E-state index contributed by atoms with van der Waals surface area (Å²) >= 11 is 0. The maximum atomic E-state index is 10.1. The summed E-state index contributed by atoms with van der Waals surface area (Å²) in [6.45, 7) is 7.70. The second kappa shape index (κ2) is 6.63. The molecule has 1 aromatic carbocycles. The van der Waals surface area contributed by atoms with Crippen molar-refractivity contribution in [2.24, 2.45) is 0 Å². The van der Waals surface area contributed by atoms with E-state index in [1.54, 1.807) is 13.2 Å². The number of ether oxygens (including phenoxy) is 1. The molecular formula is C16H23N3O2. The summed E-state index contributed by atoms with van der Waals surface area (Å²) < 4.78 is 7.11. The zero-order valence-corrected chi connectivity index (χ0v) is 13.1. The van der Waals surface area contributed by atoms with Crippen molar-refractivity contribution in [3.63, 3.8) is 0 Å². The number of nitrogens with zero attached hydrogens (tertiary/aromatic N) is 2. The van der Waals surface area contributed by atoms with Gasteiger partial charge in [0, 0.05) is 36.0 Å². The van der Waals surface area contributed by atoms with Gasteiger partial charge in [-0.1, -0.05) is 12.1 Å². The molecule has 5 heteroatoms. The Morgan fingerprint density at radius 2 is 2.19 bits per heavy atom. The highest BCUT2D eigenvalue weighted by Crippen LogP contribution is 2.29. The molecule has 1 atom stereocenters. The molecule has 0 amide bonds. The zero-order chi connectivity index (χ0) is 15.4. The Hall–Kier alpha value is -2.01. The Morgan fingerprint density at radius 1 is 1.43 bits per heavy atom. The van der Waals surface area contributed by atoms with Crippen LogP contribution in [0.2, 0.25) is 0 Å². The van der Waals surface area contributed by atoms with Crippen molar-refractivity contribution in [1.82, 2.24) is 15.1 Å². The number of benzene rings is 1. The number of phenols is 1. The van der Waals surface area contributed by atoms with Crippen LogP contribution in [-0.2, 0) is 13.1 Å². The summed E-state index contributed by atoms with van der Waals surface area (Å²) in [5.41, 5.74) is 3.17. The van der Waals surface area contributed by atoms with Crippen LogP contribution in [0.15, 0.2) is 24.4 Å². The summed E-state index contributed by atoms with van der Waals surface area (Å²) in [4.78, 5) is 0. The molecule has 1 aromatic heterocycles. The molecule has 0 fully saturated rings. The van der Waals surface area contributed by atoms with Gasteiger partial charge in [-0.05, 0) is 26.8 Å². The molecule has 21 heavy (non-hydrogen) atoms. The van der Waals surface area contributed by atoms with Crippen molar-refractivity contribution in [2.45, 2.75) is 39.9 Å². The molecule has 0 spiro atoms. The van der Waals surface area contributed by atoms with E-state index >= 15 is 0 Å². The minimum absolute atomic E-state index is 0.163. The molecule has 0 aliphatic heterocycles. The number of aryl methyl sites for hydroxylation is 1. The Bertz CT molecular complexity index is 608. The molecular weight excluding hydrogens is 266 g/mol. The van der Waals surface area contributed by atoms with Crippen molar-refractivity contribution >= 4 is 0 Å². The third-order valence-corrected chi connectivity index (χ3v) is 3.81. The van der Waals surface area contributed by atoms with Crippen molar-refractivity contribution in [3.05, 3.63) is 41.2 Å². The molecule has 0 saturated heterocycles. The predicted octanol–water partition coefficient (Wildman–Crippen LogP) is 2.78. The van der Waals surface area contributed by atoms with Crippen LogP contribution in [0.25, 0.3) is 0 Å². The second-order valence-corrected chi connectivity index (χ2v) is 5.07. The highest BCUT2D eigenvalue weighted by molar-refractivity contribution is 5.45. The highest BCUT2D eigenvalue weighted by Gasteiger charge is 2.14. The average molecular weight is 289 g/mol. The van der Waals surface area contributed by atoms with Crippen LogP contribution in [0.1, 0.15) is 36.7 Å². The summed E-state index contributed by atoms with van der Waals surface area (Å²) in [6.07, 6.45) is 1.90. The molecule has 114 valence electrons. The fourth-order valence-corrected chi connectivity index (χ4v) is 2.45. The zero-order valence-electron chi connectivity index (χ0n) is 13.1. The molecule has 1 unspecified atom stereocenters. The van der Waals surface area contributed by atoms with Crippen LogP contribution in [0.4, 0.5) is 0 Å². The molecule has 2 aromatic rings. The Kier molecular flexibility index (Phi) is 4.85. The summed E-state index contributed by atoms with van der Waals surface area (Å²) in [5.74, 6) is 0.692. The average Bonchev–Trinajstić information content (AvgIpc) is 2.87. The van der Waals surface area contributed by atoms with Gasteiger partial charge in [0.1, 0.15) is 0 Å². The minimum atomic E-state index is 0.163. The van der Waals surface area contributed by atoms with Gasteiger partial charge in [0.15, 0.2) is 11.5 Å². The molecule has 2 rings (SSSR count). The number of hydrogen-bond donors (Lipinski definition) is 2. The SMILES string of the molecule is CCn1ncc(C(C)NCc2cccc(OC)c2O)c1C. The van der Waals surface area contributed by atoms with E-state index in [1.807, 2.05) is 23.0 Å². The normalized spacial score (nSPS) is 12.4.